The van der Waals surface area contributed by atoms with Crippen molar-refractivity contribution >= 4 is 35.2 Å². The minimum Gasteiger partial charge on any atom is -0.455 e. The predicted molar refractivity (Wildman–Crippen MR) is 122 cm³/mol. The molecule has 7 nitrogen and oxygen atoms in total. The molecule has 0 radical (unpaired) electrons. The van der Waals surface area contributed by atoms with Gasteiger partial charge in [-0.25, -0.2) is 9.18 Å². The van der Waals surface area contributed by atoms with Crippen LogP contribution in [0.5, 0.6) is 0 Å². The molecule has 0 saturated heterocycles. The Hall–Kier alpha value is -3.39. The molecule has 0 unspecified atom stereocenters. The minimum atomic E-state index is -0.775. The summed E-state index contributed by atoms with van der Waals surface area (Å²) in [7, 11) is 3.53. The molecule has 168 valence electrons. The number of carbonyl (C=O) groups excluding carboxylic acids is 2. The lowest BCUT2D eigenvalue weighted by Gasteiger charge is -2.21. The van der Waals surface area contributed by atoms with Gasteiger partial charge in [0.05, 0.1) is 10.6 Å². The van der Waals surface area contributed by atoms with Gasteiger partial charge in [-0.15, -0.1) is 0 Å². The Morgan fingerprint density at radius 3 is 2.34 bits per heavy atom. The van der Waals surface area contributed by atoms with Crippen molar-refractivity contribution in [3.8, 4) is 5.69 Å². The van der Waals surface area contributed by atoms with E-state index in [9.17, 15) is 14.0 Å². The number of para-hydroxylation sites is 1. The van der Waals surface area contributed by atoms with Crippen LogP contribution in [0.2, 0.25) is 5.02 Å². The van der Waals surface area contributed by atoms with Crippen LogP contribution in [-0.4, -0.2) is 41.1 Å². The summed E-state index contributed by atoms with van der Waals surface area (Å²) >= 11 is 6.04. The van der Waals surface area contributed by atoms with Crippen LogP contribution >= 0.6 is 11.6 Å². The van der Waals surface area contributed by atoms with Gasteiger partial charge in [0.1, 0.15) is 11.4 Å². The maximum Gasteiger partial charge on any atom is 0.359 e. The molecule has 0 aliphatic carbocycles. The molecule has 3 aromatic rings. The molecule has 0 saturated carbocycles. The smallest absolute Gasteiger partial charge is 0.359 e. The van der Waals surface area contributed by atoms with E-state index in [4.69, 9.17) is 16.3 Å². The SMILES string of the molecule is CN(C)c1nc(NC(=O)c2ccc(F)cc2Cl)c(C(=O)OC(C)(C)C)n1-c1ccccc1. The van der Waals surface area contributed by atoms with E-state index in [0.717, 1.165) is 12.1 Å². The van der Waals surface area contributed by atoms with Crippen LogP contribution in [0.3, 0.4) is 0 Å². The van der Waals surface area contributed by atoms with Crippen LogP contribution < -0.4 is 10.2 Å². The number of anilines is 2. The number of esters is 1. The molecule has 9 heteroatoms. The molecule has 1 N–H and O–H groups in total. The van der Waals surface area contributed by atoms with Gasteiger partial charge in [-0.1, -0.05) is 29.8 Å². The highest BCUT2D eigenvalue weighted by molar-refractivity contribution is 6.34. The van der Waals surface area contributed by atoms with Gasteiger partial charge in [0.25, 0.3) is 5.91 Å². The number of carbonyl (C=O) groups is 2. The van der Waals surface area contributed by atoms with Gasteiger partial charge in [-0.3, -0.25) is 9.36 Å². The second-order valence-electron chi connectivity index (χ2n) is 8.25. The Balaban J connectivity index is 2.16. The highest BCUT2D eigenvalue weighted by atomic mass is 35.5. The molecular formula is C23H24ClFN4O3. The lowest BCUT2D eigenvalue weighted by Crippen LogP contribution is -2.27. The number of imidazole rings is 1. The van der Waals surface area contributed by atoms with Crippen LogP contribution in [0.1, 0.15) is 41.6 Å². The number of hydrogen-bond donors (Lipinski definition) is 1. The largest absolute Gasteiger partial charge is 0.455 e. The fraction of sp³-hybridized carbons (Fsp3) is 0.261. The molecule has 3 rings (SSSR count). The zero-order valence-corrected chi connectivity index (χ0v) is 19.2. The van der Waals surface area contributed by atoms with Crippen LogP contribution in [0.25, 0.3) is 5.69 Å². The molecule has 0 bridgehead atoms. The highest BCUT2D eigenvalue weighted by Gasteiger charge is 2.30. The van der Waals surface area contributed by atoms with E-state index >= 15 is 0 Å². The van der Waals surface area contributed by atoms with Crippen molar-refractivity contribution in [3.05, 3.63) is 70.6 Å². The Bertz CT molecular complexity index is 1150. The van der Waals surface area contributed by atoms with E-state index in [2.05, 4.69) is 10.3 Å². The summed E-state index contributed by atoms with van der Waals surface area (Å²) in [5, 5.41) is 2.58. The van der Waals surface area contributed by atoms with E-state index < -0.39 is 23.3 Å². The van der Waals surface area contributed by atoms with Gasteiger partial charge in [-0.05, 0) is 51.1 Å². The standard InChI is InChI=1S/C23H24ClFN4O3/c1-23(2,3)32-21(31)18-19(26-20(30)16-12-11-14(25)13-17(16)24)27-22(28(4)5)29(18)15-9-7-6-8-10-15/h6-13H,1-5H3,(H,26,30). The third-order valence-electron chi connectivity index (χ3n) is 4.27. The Kier molecular flexibility index (Phi) is 6.55. The van der Waals surface area contributed by atoms with Gasteiger partial charge in [0.2, 0.25) is 5.95 Å². The molecule has 0 spiro atoms. The number of rotatable bonds is 5. The molecule has 1 amide bonds. The predicted octanol–water partition coefficient (Wildman–Crippen LogP) is 4.94. The summed E-state index contributed by atoms with van der Waals surface area (Å²) in [6.45, 7) is 5.24. The molecule has 0 fully saturated rings. The van der Waals surface area contributed by atoms with E-state index in [0.29, 0.717) is 11.6 Å². The Morgan fingerprint density at radius 1 is 1.12 bits per heavy atom. The number of nitrogens with one attached hydrogen (secondary N) is 1. The van der Waals surface area contributed by atoms with Gasteiger partial charge < -0.3 is 15.0 Å². The van der Waals surface area contributed by atoms with Crippen molar-refractivity contribution in [1.82, 2.24) is 9.55 Å². The molecule has 0 aliphatic rings. The van der Waals surface area contributed by atoms with Crippen LogP contribution in [0.4, 0.5) is 16.2 Å². The number of ether oxygens (including phenoxy) is 1. The topological polar surface area (TPSA) is 76.5 Å². The average Bonchev–Trinajstić information content (AvgIpc) is 3.06. The average molecular weight is 459 g/mol. The summed E-state index contributed by atoms with van der Waals surface area (Å²) in [5.41, 5.74) is -0.0296. The van der Waals surface area contributed by atoms with Gasteiger partial charge >= 0.3 is 5.97 Å². The van der Waals surface area contributed by atoms with E-state index in [1.165, 1.54) is 6.07 Å². The van der Waals surface area contributed by atoms with Crippen molar-refractivity contribution < 1.29 is 18.7 Å². The highest BCUT2D eigenvalue weighted by Crippen LogP contribution is 2.30. The Labute approximate surface area is 190 Å². The number of nitrogens with zero attached hydrogens (tertiary/aromatic N) is 3. The van der Waals surface area contributed by atoms with Crippen molar-refractivity contribution in [2.75, 3.05) is 24.3 Å². The van der Waals surface area contributed by atoms with E-state index in [1.54, 1.807) is 44.3 Å². The molecule has 1 aromatic heterocycles. The number of hydrogen-bond acceptors (Lipinski definition) is 5. The first-order chi connectivity index (χ1) is 15.0. The third kappa shape index (κ3) is 5.08. The van der Waals surface area contributed by atoms with Crippen LogP contribution in [0.15, 0.2) is 48.5 Å². The zero-order chi connectivity index (χ0) is 23.6. The number of amides is 1. The second kappa shape index (κ2) is 9.00. The fourth-order valence-electron chi connectivity index (χ4n) is 2.98. The first-order valence-electron chi connectivity index (χ1n) is 9.83. The minimum absolute atomic E-state index is 0.00260. The summed E-state index contributed by atoms with van der Waals surface area (Å²) in [6.07, 6.45) is 0. The number of aromatic nitrogens is 2. The Morgan fingerprint density at radius 2 is 1.78 bits per heavy atom. The number of halogens is 2. The second-order valence-corrected chi connectivity index (χ2v) is 8.66. The summed E-state index contributed by atoms with van der Waals surface area (Å²) in [5.74, 6) is -1.47. The fourth-order valence-corrected chi connectivity index (χ4v) is 3.23. The number of benzene rings is 2. The molecule has 1 heterocycles. The summed E-state index contributed by atoms with van der Waals surface area (Å²) < 4.78 is 20.6. The normalized spacial score (nSPS) is 11.2. The van der Waals surface area contributed by atoms with Crippen molar-refractivity contribution in [2.24, 2.45) is 0 Å². The van der Waals surface area contributed by atoms with Gasteiger partial charge in [0.15, 0.2) is 11.5 Å². The zero-order valence-electron chi connectivity index (χ0n) is 18.4. The maximum absolute atomic E-state index is 13.4. The van der Waals surface area contributed by atoms with Crippen LogP contribution in [0, 0.1) is 5.82 Å². The third-order valence-corrected chi connectivity index (χ3v) is 4.59. The van der Waals surface area contributed by atoms with Gasteiger partial charge in [0, 0.05) is 19.8 Å². The molecule has 0 aliphatic heterocycles. The quantitative estimate of drug-likeness (QED) is 0.548. The maximum atomic E-state index is 13.4. The first kappa shape index (κ1) is 23.3. The molecular weight excluding hydrogens is 435 g/mol. The van der Waals surface area contributed by atoms with E-state index in [-0.39, 0.29) is 22.1 Å². The van der Waals surface area contributed by atoms with Gasteiger partial charge in [-0.2, -0.15) is 4.98 Å². The van der Waals surface area contributed by atoms with Crippen molar-refractivity contribution in [1.29, 1.82) is 0 Å². The lowest BCUT2D eigenvalue weighted by molar-refractivity contribution is 0.00619. The molecule has 0 atom stereocenters. The first-order valence-corrected chi connectivity index (χ1v) is 10.2. The summed E-state index contributed by atoms with van der Waals surface area (Å²) in [6, 6.07) is 12.6. The van der Waals surface area contributed by atoms with Crippen LogP contribution in [-0.2, 0) is 4.74 Å². The van der Waals surface area contributed by atoms with Crippen molar-refractivity contribution in [2.45, 2.75) is 26.4 Å². The lowest BCUT2D eigenvalue weighted by atomic mass is 10.2. The monoisotopic (exact) mass is 458 g/mol. The van der Waals surface area contributed by atoms with Crippen molar-refractivity contribution in [3.63, 3.8) is 0 Å². The summed E-state index contributed by atoms with van der Waals surface area (Å²) in [4.78, 5) is 32.3. The van der Waals surface area contributed by atoms with E-state index in [1.807, 2.05) is 30.3 Å². The molecule has 32 heavy (non-hydrogen) atoms. The molecule has 2 aromatic carbocycles.